The number of hydrogen-bond acceptors (Lipinski definition) is 2. The van der Waals surface area contributed by atoms with Crippen molar-refractivity contribution in [1.29, 1.82) is 0 Å². The fourth-order valence-corrected chi connectivity index (χ4v) is 1.28. The van der Waals surface area contributed by atoms with E-state index in [-0.39, 0.29) is 0 Å². The van der Waals surface area contributed by atoms with Gasteiger partial charge >= 0.3 is 0 Å². The molecule has 2 N–H and O–H groups in total. The summed E-state index contributed by atoms with van der Waals surface area (Å²) in [5.74, 6) is 0. The molecule has 0 aromatic rings. The first-order chi connectivity index (χ1) is 3.93. The molecular formula is C5H13N2P. The van der Waals surface area contributed by atoms with Gasteiger partial charge in [-0.3, -0.25) is 5.09 Å². The first-order valence-electron chi connectivity index (χ1n) is 3.10. The Balaban J connectivity index is 2.13. The fourth-order valence-electron chi connectivity index (χ4n) is 0.994. The maximum Gasteiger partial charge on any atom is 0.0224 e. The van der Waals surface area contributed by atoms with Crippen LogP contribution in [0.2, 0.25) is 0 Å². The van der Waals surface area contributed by atoms with Gasteiger partial charge in [0.1, 0.15) is 0 Å². The Morgan fingerprint density at radius 2 is 2.50 bits per heavy atom. The molecule has 2 nitrogen and oxygen atoms in total. The Morgan fingerprint density at radius 1 is 1.62 bits per heavy atom. The van der Waals surface area contributed by atoms with E-state index >= 15 is 0 Å². The molecule has 3 heteroatoms. The molecule has 0 spiro atoms. The van der Waals surface area contributed by atoms with E-state index in [1.54, 1.807) is 0 Å². The van der Waals surface area contributed by atoms with Gasteiger partial charge in [0.15, 0.2) is 0 Å². The molecule has 1 aliphatic rings. The summed E-state index contributed by atoms with van der Waals surface area (Å²) in [5, 5.41) is 6.47. The highest BCUT2D eigenvalue weighted by molar-refractivity contribution is 7.13. The average molecular weight is 132 g/mol. The third-order valence-corrected chi connectivity index (χ3v) is 2.00. The number of piperidine rings is 1. The van der Waals surface area contributed by atoms with E-state index in [4.69, 9.17) is 0 Å². The smallest absolute Gasteiger partial charge is 0.0224 e. The second kappa shape index (κ2) is 3.39. The zero-order chi connectivity index (χ0) is 5.82. The maximum absolute atomic E-state index is 3.31. The van der Waals surface area contributed by atoms with Gasteiger partial charge in [0, 0.05) is 12.6 Å². The van der Waals surface area contributed by atoms with E-state index in [1.165, 1.54) is 19.4 Å². The number of rotatable bonds is 1. The van der Waals surface area contributed by atoms with Crippen LogP contribution in [0.25, 0.3) is 0 Å². The number of nitrogens with one attached hydrogen (secondary N) is 2. The molecule has 0 aliphatic carbocycles. The summed E-state index contributed by atoms with van der Waals surface area (Å²) in [6.45, 7) is 2.33. The van der Waals surface area contributed by atoms with Crippen LogP contribution in [0.3, 0.4) is 0 Å². The molecule has 0 aromatic carbocycles. The summed E-state index contributed by atoms with van der Waals surface area (Å²) in [6.07, 6.45) is 2.63. The lowest BCUT2D eigenvalue weighted by Crippen LogP contribution is -2.39. The average Bonchev–Trinajstić information content (AvgIpc) is 1.90. The lowest BCUT2D eigenvalue weighted by atomic mass is 10.1. The van der Waals surface area contributed by atoms with Crippen molar-refractivity contribution < 1.29 is 0 Å². The molecule has 0 saturated carbocycles. The van der Waals surface area contributed by atoms with Gasteiger partial charge in [-0.15, -0.1) is 0 Å². The molecule has 1 heterocycles. The predicted molar refractivity (Wildman–Crippen MR) is 38.7 cm³/mol. The largest absolute Gasteiger partial charge is 0.315 e. The lowest BCUT2D eigenvalue weighted by Gasteiger charge is -2.21. The lowest BCUT2D eigenvalue weighted by molar-refractivity contribution is 0.441. The molecule has 2 atom stereocenters. The highest BCUT2D eigenvalue weighted by atomic mass is 31.0. The summed E-state index contributed by atoms with van der Waals surface area (Å²) in [6, 6.07) is 0.689. The molecule has 1 rings (SSSR count). The van der Waals surface area contributed by atoms with Crippen molar-refractivity contribution >= 4 is 9.39 Å². The molecule has 1 aliphatic heterocycles. The SMILES string of the molecule is PN[C@@H]1CCCNC1. The Morgan fingerprint density at radius 3 is 2.88 bits per heavy atom. The Hall–Kier alpha value is 0.350. The molecule has 1 fully saturated rings. The first-order valence-corrected chi connectivity index (χ1v) is 3.68. The summed E-state index contributed by atoms with van der Waals surface area (Å²) < 4.78 is 0. The summed E-state index contributed by atoms with van der Waals surface area (Å²) in [4.78, 5) is 0. The Kier molecular flexibility index (Phi) is 2.74. The molecule has 0 bridgehead atoms. The zero-order valence-corrected chi connectivity index (χ0v) is 6.14. The van der Waals surface area contributed by atoms with Crippen molar-refractivity contribution in [1.82, 2.24) is 10.4 Å². The van der Waals surface area contributed by atoms with Crippen LogP contribution in [-0.2, 0) is 0 Å². The summed E-state index contributed by atoms with van der Waals surface area (Å²) in [7, 11) is 2.56. The van der Waals surface area contributed by atoms with Gasteiger partial charge in [-0.1, -0.05) is 9.39 Å². The van der Waals surface area contributed by atoms with Crippen molar-refractivity contribution in [3.8, 4) is 0 Å². The van der Waals surface area contributed by atoms with Crippen LogP contribution >= 0.6 is 9.39 Å². The molecule has 0 aromatic heterocycles. The minimum Gasteiger partial charge on any atom is -0.315 e. The van der Waals surface area contributed by atoms with Gasteiger partial charge in [0.25, 0.3) is 0 Å². The van der Waals surface area contributed by atoms with Crippen molar-refractivity contribution in [2.45, 2.75) is 18.9 Å². The van der Waals surface area contributed by atoms with E-state index in [0.717, 1.165) is 6.54 Å². The Bertz CT molecular complexity index is 61.4. The zero-order valence-electron chi connectivity index (χ0n) is 4.98. The first kappa shape index (κ1) is 6.47. The number of hydrogen-bond donors (Lipinski definition) is 2. The highest BCUT2D eigenvalue weighted by Gasteiger charge is 2.08. The third kappa shape index (κ3) is 1.70. The van der Waals surface area contributed by atoms with Crippen LogP contribution in [0.4, 0.5) is 0 Å². The second-order valence-electron chi connectivity index (χ2n) is 2.21. The van der Waals surface area contributed by atoms with E-state index in [9.17, 15) is 0 Å². The standard InChI is InChI=1S/C5H13N2P/c8-7-5-2-1-3-6-4-5/h5-7H,1-4,8H2/t5-/m1/s1. The quantitative estimate of drug-likeness (QED) is 0.495. The molecule has 0 radical (unpaired) electrons. The van der Waals surface area contributed by atoms with E-state index in [0.29, 0.717) is 6.04 Å². The predicted octanol–water partition coefficient (Wildman–Crippen LogP) is 0.118. The van der Waals surface area contributed by atoms with Gasteiger partial charge in [-0.2, -0.15) is 0 Å². The highest BCUT2D eigenvalue weighted by Crippen LogP contribution is 2.01. The molecule has 1 unspecified atom stereocenters. The summed E-state index contributed by atoms with van der Waals surface area (Å²) >= 11 is 0. The molecule has 48 valence electrons. The minimum atomic E-state index is 0.689. The van der Waals surface area contributed by atoms with Gasteiger partial charge in [0.05, 0.1) is 0 Å². The Labute approximate surface area is 52.7 Å². The van der Waals surface area contributed by atoms with Crippen LogP contribution in [0.1, 0.15) is 12.8 Å². The van der Waals surface area contributed by atoms with Crippen LogP contribution in [-0.4, -0.2) is 19.1 Å². The van der Waals surface area contributed by atoms with Crippen molar-refractivity contribution in [2.75, 3.05) is 13.1 Å². The van der Waals surface area contributed by atoms with Crippen LogP contribution in [0.15, 0.2) is 0 Å². The van der Waals surface area contributed by atoms with Gasteiger partial charge in [-0.25, -0.2) is 0 Å². The van der Waals surface area contributed by atoms with E-state index in [2.05, 4.69) is 19.8 Å². The van der Waals surface area contributed by atoms with Crippen LogP contribution < -0.4 is 10.4 Å². The van der Waals surface area contributed by atoms with Crippen molar-refractivity contribution in [2.24, 2.45) is 0 Å². The van der Waals surface area contributed by atoms with Crippen LogP contribution in [0, 0.1) is 0 Å². The van der Waals surface area contributed by atoms with Gasteiger partial charge in [0.2, 0.25) is 0 Å². The van der Waals surface area contributed by atoms with E-state index in [1.807, 2.05) is 0 Å². The summed E-state index contributed by atoms with van der Waals surface area (Å²) in [5.41, 5.74) is 0. The van der Waals surface area contributed by atoms with Crippen molar-refractivity contribution in [3.63, 3.8) is 0 Å². The second-order valence-corrected chi connectivity index (χ2v) is 2.54. The normalized spacial score (nSPS) is 30.4. The molecule has 8 heavy (non-hydrogen) atoms. The topological polar surface area (TPSA) is 24.1 Å². The molecular weight excluding hydrogens is 119 g/mol. The molecule has 1 saturated heterocycles. The van der Waals surface area contributed by atoms with E-state index < -0.39 is 0 Å². The van der Waals surface area contributed by atoms with Crippen LogP contribution in [0.5, 0.6) is 0 Å². The third-order valence-electron chi connectivity index (χ3n) is 1.53. The molecule has 0 amide bonds. The van der Waals surface area contributed by atoms with Gasteiger partial charge in [-0.05, 0) is 19.4 Å². The maximum atomic E-state index is 3.31. The van der Waals surface area contributed by atoms with Gasteiger partial charge < -0.3 is 5.32 Å². The van der Waals surface area contributed by atoms with Crippen molar-refractivity contribution in [3.05, 3.63) is 0 Å². The minimum absolute atomic E-state index is 0.689. The monoisotopic (exact) mass is 132 g/mol. The fraction of sp³-hybridized carbons (Fsp3) is 1.00.